The fourth-order valence-electron chi connectivity index (χ4n) is 4.71. The average molecular weight is 487 g/mol. The van der Waals surface area contributed by atoms with E-state index in [1.165, 1.54) is 116 Å². The Bertz CT molecular complexity index is 683. The first kappa shape index (κ1) is 29.5. The van der Waals surface area contributed by atoms with E-state index in [-0.39, 0.29) is 0 Å². The molecule has 0 aliphatic rings. The van der Waals surface area contributed by atoms with Gasteiger partial charge in [0.15, 0.2) is 11.5 Å². The summed E-state index contributed by atoms with van der Waals surface area (Å²) in [4.78, 5) is 7.59. The molecule has 0 unspecified atom stereocenters. The van der Waals surface area contributed by atoms with Crippen molar-refractivity contribution in [2.24, 2.45) is 0 Å². The van der Waals surface area contributed by atoms with Crippen LogP contribution in [0.3, 0.4) is 0 Å². The summed E-state index contributed by atoms with van der Waals surface area (Å²) >= 11 is 0. The summed E-state index contributed by atoms with van der Waals surface area (Å²) in [5.41, 5.74) is 1.95. The molecule has 1 aromatic heterocycles. The largest absolute Gasteiger partial charge is 0.490 e. The Hall–Kier alpha value is -1.71. The maximum Gasteiger partial charge on any atom is 0.163 e. The predicted molar refractivity (Wildman–Crippen MR) is 151 cm³/mol. The molecule has 0 aliphatic carbocycles. The molecule has 35 heavy (non-hydrogen) atoms. The molecule has 2 rings (SSSR count). The van der Waals surface area contributed by atoms with Crippen molar-refractivity contribution in [1.29, 1.82) is 0 Å². The Kier molecular flexibility index (Phi) is 17.3. The van der Waals surface area contributed by atoms with Gasteiger partial charge >= 0.3 is 0 Å². The number of hydrogen-bond donors (Lipinski definition) is 1. The lowest BCUT2D eigenvalue weighted by Gasteiger charge is -2.13. The van der Waals surface area contributed by atoms with Crippen molar-refractivity contribution in [3.05, 3.63) is 18.5 Å². The topological polar surface area (TPSA) is 47.1 Å². The van der Waals surface area contributed by atoms with Crippen LogP contribution in [-0.2, 0) is 0 Å². The van der Waals surface area contributed by atoms with Gasteiger partial charge in [0.25, 0.3) is 0 Å². The third kappa shape index (κ3) is 13.8. The van der Waals surface area contributed by atoms with Crippen LogP contribution < -0.4 is 9.47 Å². The van der Waals surface area contributed by atoms with Crippen molar-refractivity contribution in [3.63, 3.8) is 0 Å². The Labute approximate surface area is 216 Å². The quantitative estimate of drug-likeness (QED) is 0.150. The number of ether oxygens (including phenoxy) is 2. The molecule has 1 aromatic carbocycles. The van der Waals surface area contributed by atoms with E-state index in [1.54, 1.807) is 6.33 Å². The second kappa shape index (κ2) is 20.5. The normalized spacial score (nSPS) is 11.4. The van der Waals surface area contributed by atoms with Gasteiger partial charge in [-0.1, -0.05) is 129 Å². The van der Waals surface area contributed by atoms with Gasteiger partial charge in [-0.05, 0) is 12.8 Å². The third-order valence-electron chi connectivity index (χ3n) is 7.00. The van der Waals surface area contributed by atoms with Crippen LogP contribution in [0.15, 0.2) is 18.5 Å². The van der Waals surface area contributed by atoms with Crippen LogP contribution in [-0.4, -0.2) is 23.2 Å². The molecule has 0 radical (unpaired) electrons. The molecule has 0 aliphatic heterocycles. The maximum atomic E-state index is 6.16. The van der Waals surface area contributed by atoms with Crippen LogP contribution in [0.25, 0.3) is 11.0 Å². The highest BCUT2D eigenvalue weighted by Gasteiger charge is 2.10. The number of rotatable bonds is 24. The summed E-state index contributed by atoms with van der Waals surface area (Å²) in [5, 5.41) is 0. The highest BCUT2D eigenvalue weighted by molar-refractivity contribution is 5.79. The summed E-state index contributed by atoms with van der Waals surface area (Å²) in [5.74, 6) is 1.69. The van der Waals surface area contributed by atoms with E-state index in [2.05, 4.69) is 23.8 Å². The minimum Gasteiger partial charge on any atom is -0.490 e. The first-order valence-corrected chi connectivity index (χ1v) is 15.1. The van der Waals surface area contributed by atoms with Gasteiger partial charge in [-0.25, -0.2) is 4.98 Å². The zero-order chi connectivity index (χ0) is 24.8. The smallest absolute Gasteiger partial charge is 0.163 e. The van der Waals surface area contributed by atoms with Crippen LogP contribution in [0, 0.1) is 0 Å². The molecule has 4 heteroatoms. The number of hydrogen-bond acceptors (Lipinski definition) is 3. The highest BCUT2D eigenvalue weighted by atomic mass is 16.5. The number of imidazole rings is 1. The molecule has 0 bridgehead atoms. The Balaban J connectivity index is 1.58. The lowest BCUT2D eigenvalue weighted by Crippen LogP contribution is -2.03. The molecule has 0 fully saturated rings. The van der Waals surface area contributed by atoms with Crippen molar-refractivity contribution >= 4 is 11.0 Å². The second-order valence-corrected chi connectivity index (χ2v) is 10.3. The van der Waals surface area contributed by atoms with Crippen LogP contribution in [0.2, 0.25) is 0 Å². The van der Waals surface area contributed by atoms with E-state index in [4.69, 9.17) is 9.47 Å². The number of nitrogens with one attached hydrogen (secondary N) is 1. The Morgan fingerprint density at radius 1 is 0.543 bits per heavy atom. The van der Waals surface area contributed by atoms with Gasteiger partial charge in [-0.2, -0.15) is 0 Å². The molecule has 1 N–H and O–H groups in total. The minimum atomic E-state index is 0.751. The monoisotopic (exact) mass is 486 g/mol. The SMILES string of the molecule is CCCCCCCCCCCCOc1cc2nc[nH]c2cc1OCCCCCCCCCCCC. The first-order chi connectivity index (χ1) is 17.3. The lowest BCUT2D eigenvalue weighted by molar-refractivity contribution is 0.259. The summed E-state index contributed by atoms with van der Waals surface area (Å²) in [6, 6.07) is 4.07. The van der Waals surface area contributed by atoms with E-state index in [1.807, 2.05) is 12.1 Å². The van der Waals surface area contributed by atoms with Crippen molar-refractivity contribution in [2.75, 3.05) is 13.2 Å². The standard InChI is InChI=1S/C31H54N2O2/c1-3-5-7-9-11-13-15-17-19-21-23-34-30-25-28-29(33-27-32-28)26-31(30)35-24-22-20-18-16-14-12-10-8-6-4-2/h25-27H,3-24H2,1-2H3,(H,32,33). The number of aromatic amines is 1. The maximum absolute atomic E-state index is 6.16. The molecule has 0 atom stereocenters. The zero-order valence-corrected chi connectivity index (χ0v) is 23.1. The van der Waals surface area contributed by atoms with Crippen LogP contribution in [0.4, 0.5) is 0 Å². The number of unbranched alkanes of at least 4 members (excludes halogenated alkanes) is 18. The molecule has 4 nitrogen and oxygen atoms in total. The minimum absolute atomic E-state index is 0.751. The van der Waals surface area contributed by atoms with Gasteiger partial charge < -0.3 is 14.5 Å². The van der Waals surface area contributed by atoms with Gasteiger partial charge in [0.05, 0.1) is 30.6 Å². The number of benzene rings is 1. The fourth-order valence-corrected chi connectivity index (χ4v) is 4.71. The van der Waals surface area contributed by atoms with E-state index in [0.29, 0.717) is 0 Å². The predicted octanol–water partition coefficient (Wildman–Crippen LogP) is 10.2. The molecule has 1 heterocycles. The summed E-state index contributed by atoms with van der Waals surface area (Å²) in [7, 11) is 0. The van der Waals surface area contributed by atoms with Crippen LogP contribution >= 0.6 is 0 Å². The summed E-state index contributed by atoms with van der Waals surface area (Å²) in [6.07, 6.45) is 28.5. The van der Waals surface area contributed by atoms with Crippen LogP contribution in [0.5, 0.6) is 11.5 Å². The van der Waals surface area contributed by atoms with E-state index in [0.717, 1.165) is 48.6 Å². The highest BCUT2D eigenvalue weighted by Crippen LogP contribution is 2.32. The van der Waals surface area contributed by atoms with Crippen molar-refractivity contribution < 1.29 is 9.47 Å². The number of aromatic nitrogens is 2. The van der Waals surface area contributed by atoms with Crippen LogP contribution in [0.1, 0.15) is 142 Å². The molecule has 0 amide bonds. The second-order valence-electron chi connectivity index (χ2n) is 10.3. The molecule has 0 saturated heterocycles. The van der Waals surface area contributed by atoms with Gasteiger partial charge in [0.1, 0.15) is 0 Å². The number of H-pyrrole nitrogens is 1. The summed E-state index contributed by atoms with van der Waals surface area (Å²) < 4.78 is 12.3. The average Bonchev–Trinajstić information content (AvgIpc) is 3.33. The van der Waals surface area contributed by atoms with E-state index in [9.17, 15) is 0 Å². The first-order valence-electron chi connectivity index (χ1n) is 15.1. The lowest BCUT2D eigenvalue weighted by atomic mass is 10.1. The molecular weight excluding hydrogens is 432 g/mol. The Morgan fingerprint density at radius 2 is 0.943 bits per heavy atom. The third-order valence-corrected chi connectivity index (χ3v) is 7.00. The van der Waals surface area contributed by atoms with E-state index < -0.39 is 0 Å². The van der Waals surface area contributed by atoms with Gasteiger partial charge in [-0.3, -0.25) is 0 Å². The molecule has 0 saturated carbocycles. The summed E-state index contributed by atoms with van der Waals surface area (Å²) in [6.45, 7) is 6.07. The number of nitrogens with zero attached hydrogens (tertiary/aromatic N) is 1. The number of fused-ring (bicyclic) bond motifs is 1. The van der Waals surface area contributed by atoms with Crippen molar-refractivity contribution in [2.45, 2.75) is 142 Å². The van der Waals surface area contributed by atoms with Gasteiger partial charge in [0.2, 0.25) is 0 Å². The van der Waals surface area contributed by atoms with Gasteiger partial charge in [0, 0.05) is 12.1 Å². The van der Waals surface area contributed by atoms with E-state index >= 15 is 0 Å². The zero-order valence-electron chi connectivity index (χ0n) is 23.1. The fraction of sp³-hybridized carbons (Fsp3) is 0.774. The molecule has 0 spiro atoms. The van der Waals surface area contributed by atoms with Gasteiger partial charge in [-0.15, -0.1) is 0 Å². The molecule has 2 aromatic rings. The van der Waals surface area contributed by atoms with Crippen molar-refractivity contribution in [3.8, 4) is 11.5 Å². The van der Waals surface area contributed by atoms with Crippen molar-refractivity contribution in [1.82, 2.24) is 9.97 Å². The Morgan fingerprint density at radius 3 is 1.40 bits per heavy atom. The molecular formula is C31H54N2O2. The molecule has 200 valence electrons.